The maximum Gasteiger partial charge on any atom is 0.307 e. The Kier molecular flexibility index (Phi) is 6.09. The molecule has 3 saturated carbocycles. The van der Waals surface area contributed by atoms with Gasteiger partial charge in [0.2, 0.25) is 0 Å². The second-order valence-corrected chi connectivity index (χ2v) is 10.3. The maximum atomic E-state index is 11.8. The van der Waals surface area contributed by atoms with Gasteiger partial charge in [0.05, 0.1) is 6.26 Å². The van der Waals surface area contributed by atoms with Gasteiger partial charge in [0.1, 0.15) is 5.60 Å². The molecule has 3 rings (SSSR count). The third-order valence-electron chi connectivity index (χ3n) is 8.95. The highest BCUT2D eigenvalue weighted by Gasteiger charge is 2.64. The number of carbonyl (C=O) groups is 3. The summed E-state index contributed by atoms with van der Waals surface area (Å²) in [7, 11) is 0. The van der Waals surface area contributed by atoms with Gasteiger partial charge in [0.15, 0.2) is 0 Å². The molecule has 0 aromatic rings. The Morgan fingerprint density at radius 3 is 2.23 bits per heavy atom. The van der Waals surface area contributed by atoms with E-state index in [9.17, 15) is 19.5 Å². The van der Waals surface area contributed by atoms with Crippen LogP contribution in [0, 0.1) is 34.5 Å². The molecule has 0 aliphatic heterocycles. The van der Waals surface area contributed by atoms with Crippen LogP contribution in [0.5, 0.6) is 0 Å². The SMILES string of the molecule is CC(=O)O/C=C\[C@]1(C)[C@H](CC(=O)O)CC[C@@H]2[C@@H]1CC[C@@]1(C)[C@H]2CC[C@]1(C)OC(C)=O. The van der Waals surface area contributed by atoms with Crippen LogP contribution < -0.4 is 0 Å². The summed E-state index contributed by atoms with van der Waals surface area (Å²) in [5, 5.41) is 9.49. The van der Waals surface area contributed by atoms with Gasteiger partial charge in [-0.3, -0.25) is 14.4 Å². The molecule has 7 atom stereocenters. The second-order valence-electron chi connectivity index (χ2n) is 10.3. The normalized spacial score (nSPS) is 43.0. The minimum Gasteiger partial charge on any atom is -0.481 e. The lowest BCUT2D eigenvalue weighted by molar-refractivity contribution is -0.179. The quantitative estimate of drug-likeness (QED) is 0.511. The van der Waals surface area contributed by atoms with Crippen molar-refractivity contribution in [3.8, 4) is 0 Å². The highest BCUT2D eigenvalue weighted by Crippen LogP contribution is 2.67. The zero-order valence-corrected chi connectivity index (χ0v) is 18.9. The van der Waals surface area contributed by atoms with Gasteiger partial charge >= 0.3 is 17.9 Å². The third kappa shape index (κ3) is 3.78. The largest absolute Gasteiger partial charge is 0.481 e. The fourth-order valence-corrected chi connectivity index (χ4v) is 7.25. The van der Waals surface area contributed by atoms with Crippen molar-refractivity contribution in [2.45, 2.75) is 85.2 Å². The topological polar surface area (TPSA) is 89.9 Å². The van der Waals surface area contributed by atoms with Crippen LogP contribution >= 0.6 is 0 Å². The highest BCUT2D eigenvalue weighted by molar-refractivity contribution is 5.68. The van der Waals surface area contributed by atoms with E-state index in [4.69, 9.17) is 9.47 Å². The lowest BCUT2D eigenvalue weighted by Gasteiger charge is -2.59. The number of carbonyl (C=O) groups excluding carboxylic acids is 2. The molecule has 0 saturated heterocycles. The average molecular weight is 421 g/mol. The molecule has 0 bridgehead atoms. The number of fused-ring (bicyclic) bond motifs is 3. The predicted molar refractivity (Wildman–Crippen MR) is 111 cm³/mol. The number of esters is 2. The fraction of sp³-hybridized carbons (Fsp3) is 0.792. The lowest BCUT2D eigenvalue weighted by Crippen LogP contribution is -2.55. The summed E-state index contributed by atoms with van der Waals surface area (Å²) < 4.78 is 11.0. The van der Waals surface area contributed by atoms with Crippen LogP contribution in [0.1, 0.15) is 79.6 Å². The minimum absolute atomic E-state index is 0.00803. The third-order valence-corrected chi connectivity index (χ3v) is 8.95. The van der Waals surface area contributed by atoms with E-state index in [1.54, 1.807) is 0 Å². The van der Waals surface area contributed by atoms with E-state index < -0.39 is 11.6 Å². The van der Waals surface area contributed by atoms with E-state index in [1.807, 2.05) is 6.08 Å². The van der Waals surface area contributed by atoms with Gasteiger partial charge in [-0.25, -0.2) is 0 Å². The van der Waals surface area contributed by atoms with Gasteiger partial charge in [-0.15, -0.1) is 0 Å². The molecule has 6 heteroatoms. The van der Waals surface area contributed by atoms with Crippen molar-refractivity contribution in [3.05, 3.63) is 12.3 Å². The number of allylic oxidation sites excluding steroid dienone is 1. The van der Waals surface area contributed by atoms with E-state index in [0.717, 1.165) is 38.5 Å². The van der Waals surface area contributed by atoms with Crippen molar-refractivity contribution >= 4 is 17.9 Å². The Hall–Kier alpha value is -1.85. The van der Waals surface area contributed by atoms with Gasteiger partial charge in [-0.05, 0) is 80.6 Å². The first-order chi connectivity index (χ1) is 13.9. The first-order valence-electron chi connectivity index (χ1n) is 11.2. The fourth-order valence-electron chi connectivity index (χ4n) is 7.25. The van der Waals surface area contributed by atoms with E-state index in [0.29, 0.717) is 17.8 Å². The number of rotatable bonds is 5. The van der Waals surface area contributed by atoms with Gasteiger partial charge in [0.25, 0.3) is 0 Å². The number of ether oxygens (including phenoxy) is 2. The zero-order chi connectivity index (χ0) is 22.3. The Bertz CT molecular complexity index is 744. The van der Waals surface area contributed by atoms with Crippen LogP contribution in [0.25, 0.3) is 0 Å². The Balaban J connectivity index is 1.92. The van der Waals surface area contributed by atoms with Crippen LogP contribution in [0.2, 0.25) is 0 Å². The van der Waals surface area contributed by atoms with Crippen molar-refractivity contribution in [1.29, 1.82) is 0 Å². The molecule has 1 N–H and O–H groups in total. The molecular formula is C24H36O6. The van der Waals surface area contributed by atoms with Crippen molar-refractivity contribution in [1.82, 2.24) is 0 Å². The van der Waals surface area contributed by atoms with Crippen LogP contribution in [0.15, 0.2) is 12.3 Å². The molecule has 0 aromatic carbocycles. The standard InChI is InChI=1S/C24H36O6/c1-15(25)29-13-12-22(3)17(14-21(27)28)6-7-18-19(22)8-10-23(4)20(18)9-11-24(23,5)30-16(2)26/h12-13,17-20H,6-11,14H2,1-5H3,(H,27,28)/b13-12-/t17-,18+,19-,20-,22+,23-,24-/m0/s1. The Labute approximate surface area is 179 Å². The molecule has 0 heterocycles. The molecule has 168 valence electrons. The van der Waals surface area contributed by atoms with Gasteiger partial charge in [0, 0.05) is 25.7 Å². The first-order valence-corrected chi connectivity index (χ1v) is 11.2. The van der Waals surface area contributed by atoms with Crippen LogP contribution in [0.3, 0.4) is 0 Å². The van der Waals surface area contributed by atoms with Gasteiger partial charge in [-0.1, -0.05) is 13.8 Å². The molecule has 30 heavy (non-hydrogen) atoms. The smallest absolute Gasteiger partial charge is 0.307 e. The van der Waals surface area contributed by atoms with Crippen molar-refractivity contribution in [2.75, 3.05) is 0 Å². The van der Waals surface area contributed by atoms with Crippen molar-refractivity contribution in [3.63, 3.8) is 0 Å². The number of hydrogen-bond donors (Lipinski definition) is 1. The summed E-state index contributed by atoms with van der Waals surface area (Å²) in [6.07, 6.45) is 9.15. The molecule has 0 spiro atoms. The van der Waals surface area contributed by atoms with Crippen LogP contribution in [-0.2, 0) is 23.9 Å². The molecule has 0 radical (unpaired) electrons. The molecule has 3 aliphatic rings. The van der Waals surface area contributed by atoms with Crippen molar-refractivity contribution < 1.29 is 29.0 Å². The monoisotopic (exact) mass is 420 g/mol. The lowest BCUT2D eigenvalue weighted by atomic mass is 9.46. The molecular weight excluding hydrogens is 384 g/mol. The zero-order valence-electron chi connectivity index (χ0n) is 18.9. The van der Waals surface area contributed by atoms with E-state index in [2.05, 4.69) is 20.8 Å². The Morgan fingerprint density at radius 2 is 1.63 bits per heavy atom. The minimum atomic E-state index is -0.783. The van der Waals surface area contributed by atoms with E-state index in [-0.39, 0.29) is 35.1 Å². The van der Waals surface area contributed by atoms with Crippen LogP contribution in [0.4, 0.5) is 0 Å². The maximum absolute atomic E-state index is 11.8. The number of carboxylic acid groups (broad SMARTS) is 1. The summed E-state index contributed by atoms with van der Waals surface area (Å²) in [5.41, 5.74) is -0.866. The van der Waals surface area contributed by atoms with E-state index in [1.165, 1.54) is 20.1 Å². The molecule has 0 amide bonds. The summed E-state index contributed by atoms with van der Waals surface area (Å²) in [6.45, 7) is 9.36. The number of hydrogen-bond acceptors (Lipinski definition) is 5. The second kappa shape index (κ2) is 8.01. The molecule has 0 aromatic heterocycles. The number of aliphatic carboxylic acids is 1. The summed E-state index contributed by atoms with van der Waals surface area (Å²) >= 11 is 0. The molecule has 3 aliphatic carbocycles. The molecule has 3 fully saturated rings. The summed E-state index contributed by atoms with van der Waals surface area (Å²) in [4.78, 5) is 34.6. The molecule has 6 nitrogen and oxygen atoms in total. The highest BCUT2D eigenvalue weighted by atomic mass is 16.6. The molecule has 0 unspecified atom stereocenters. The Morgan fingerprint density at radius 1 is 0.967 bits per heavy atom. The van der Waals surface area contributed by atoms with Gasteiger partial charge in [-0.2, -0.15) is 0 Å². The average Bonchev–Trinajstić information content (AvgIpc) is 2.87. The predicted octanol–water partition coefficient (Wildman–Crippen LogP) is 4.72. The van der Waals surface area contributed by atoms with E-state index >= 15 is 0 Å². The van der Waals surface area contributed by atoms with Gasteiger partial charge < -0.3 is 14.6 Å². The number of carboxylic acids is 1. The summed E-state index contributed by atoms with van der Waals surface area (Å²) in [6, 6.07) is 0. The van der Waals surface area contributed by atoms with Crippen molar-refractivity contribution in [2.24, 2.45) is 34.5 Å². The van der Waals surface area contributed by atoms with Crippen LogP contribution in [-0.4, -0.2) is 28.6 Å². The summed E-state index contributed by atoms with van der Waals surface area (Å²) in [5.74, 6) is -0.170. The first kappa shape index (κ1) is 22.8.